The van der Waals surface area contributed by atoms with Gasteiger partial charge in [-0.2, -0.15) is 9.97 Å². The molecule has 10 nitrogen and oxygen atoms in total. The molecule has 1 aliphatic rings. The maximum absolute atomic E-state index is 12.0. The maximum atomic E-state index is 12.0. The third-order valence-electron chi connectivity index (χ3n) is 4.17. The molecule has 0 bridgehead atoms. The Morgan fingerprint density at radius 2 is 1.96 bits per heavy atom. The lowest BCUT2D eigenvalue weighted by atomic mass is 10.2. The number of anilines is 1. The number of aliphatic hydroxyl groups excluding tert-OH is 1. The fourth-order valence-corrected chi connectivity index (χ4v) is 2.91. The molecule has 2 atom stereocenters. The number of hydrogen-bond acceptors (Lipinski definition) is 9. The lowest BCUT2D eigenvalue weighted by Crippen LogP contribution is -2.50. The predicted octanol–water partition coefficient (Wildman–Crippen LogP) is -1.24. The molecular weight excluding hydrogens is 359 g/mol. The van der Waals surface area contributed by atoms with E-state index < -0.39 is 12.6 Å². The standard InChI is InChI=1S/C16H21FN6O4/c1-18-15-21-13(25-3)12(14(22-15)26-4)9-5-8-6-11(20-16(24)27-17)19-7-10(8)23(9)2/h5-7,11,16,19-20,24H,1-4H3,(H,18,21,22)/t11?,16-/m0/s1. The van der Waals surface area contributed by atoms with E-state index in [1.807, 2.05) is 17.7 Å². The van der Waals surface area contributed by atoms with Gasteiger partial charge in [-0.1, -0.05) is 0 Å². The molecule has 4 N–H and O–H groups in total. The molecule has 0 spiro atoms. The highest BCUT2D eigenvalue weighted by Gasteiger charge is 2.22. The van der Waals surface area contributed by atoms with Gasteiger partial charge >= 0.3 is 0 Å². The molecule has 0 radical (unpaired) electrons. The van der Waals surface area contributed by atoms with Crippen LogP contribution in [0.4, 0.5) is 10.5 Å². The normalized spacial score (nSPS) is 16.4. The number of aromatic nitrogens is 3. The first kappa shape index (κ1) is 18.9. The van der Waals surface area contributed by atoms with Crippen LogP contribution < -0.4 is 36.0 Å². The Balaban J connectivity index is 2.13. The zero-order valence-electron chi connectivity index (χ0n) is 15.3. The predicted molar refractivity (Wildman–Crippen MR) is 95.5 cm³/mol. The smallest absolute Gasteiger partial charge is 0.252 e. The highest BCUT2D eigenvalue weighted by Crippen LogP contribution is 2.35. The van der Waals surface area contributed by atoms with E-state index in [1.165, 1.54) is 14.2 Å². The van der Waals surface area contributed by atoms with Gasteiger partial charge in [-0.05, 0) is 16.7 Å². The van der Waals surface area contributed by atoms with E-state index in [0.717, 1.165) is 16.3 Å². The summed E-state index contributed by atoms with van der Waals surface area (Å²) in [4.78, 5) is 12.0. The molecule has 0 saturated carbocycles. The van der Waals surface area contributed by atoms with Gasteiger partial charge in [-0.25, -0.2) is 5.32 Å². The van der Waals surface area contributed by atoms with Crippen LogP contribution in [-0.2, 0) is 12.0 Å². The number of ether oxygens (including phenoxy) is 2. The Kier molecular flexibility index (Phi) is 5.44. The summed E-state index contributed by atoms with van der Waals surface area (Å²) in [5.41, 5.74) is 1.35. The Bertz CT molecular complexity index is 922. The van der Waals surface area contributed by atoms with Gasteiger partial charge in [0.1, 0.15) is 11.7 Å². The average Bonchev–Trinajstić information content (AvgIpc) is 3.02. The van der Waals surface area contributed by atoms with Crippen LogP contribution in [-0.4, -0.2) is 53.5 Å². The lowest BCUT2D eigenvalue weighted by Gasteiger charge is -2.19. The molecule has 0 aliphatic carbocycles. The molecular formula is C16H21FN6O4. The number of aliphatic hydroxyl groups is 1. The summed E-state index contributed by atoms with van der Waals surface area (Å²) in [5.74, 6) is 1.08. The van der Waals surface area contributed by atoms with Crippen molar-refractivity contribution in [2.24, 2.45) is 7.05 Å². The molecule has 11 heteroatoms. The summed E-state index contributed by atoms with van der Waals surface area (Å²) < 4.78 is 24.8. The molecule has 0 saturated heterocycles. The van der Waals surface area contributed by atoms with Crippen LogP contribution in [0.15, 0.2) is 6.07 Å². The van der Waals surface area contributed by atoms with Crippen LogP contribution in [0.2, 0.25) is 0 Å². The Labute approximate surface area is 154 Å². The fourth-order valence-electron chi connectivity index (χ4n) is 2.91. The van der Waals surface area contributed by atoms with E-state index in [2.05, 4.69) is 30.9 Å². The minimum atomic E-state index is -1.74. The van der Waals surface area contributed by atoms with Gasteiger partial charge < -0.3 is 29.8 Å². The number of fused-ring (bicyclic) bond motifs is 1. The van der Waals surface area contributed by atoms with Gasteiger partial charge in [0, 0.05) is 25.5 Å². The summed E-state index contributed by atoms with van der Waals surface area (Å²) in [7, 11) is 6.61. The van der Waals surface area contributed by atoms with Gasteiger partial charge in [-0.3, -0.25) is 0 Å². The third-order valence-corrected chi connectivity index (χ3v) is 4.17. The Morgan fingerprint density at radius 1 is 1.30 bits per heavy atom. The molecule has 2 aromatic heterocycles. The van der Waals surface area contributed by atoms with Crippen molar-refractivity contribution in [3.63, 3.8) is 0 Å². The van der Waals surface area contributed by atoms with E-state index in [9.17, 15) is 9.63 Å². The quantitative estimate of drug-likeness (QED) is 0.438. The van der Waals surface area contributed by atoms with E-state index in [0.29, 0.717) is 23.3 Å². The first-order valence-electron chi connectivity index (χ1n) is 8.05. The summed E-state index contributed by atoms with van der Waals surface area (Å²) >= 11 is 0. The third kappa shape index (κ3) is 3.52. The van der Waals surface area contributed by atoms with Crippen LogP contribution in [0.5, 0.6) is 11.8 Å². The van der Waals surface area contributed by atoms with Gasteiger partial charge in [0.2, 0.25) is 17.7 Å². The van der Waals surface area contributed by atoms with Gasteiger partial charge in [0.25, 0.3) is 6.41 Å². The van der Waals surface area contributed by atoms with Crippen molar-refractivity contribution in [1.82, 2.24) is 25.2 Å². The SMILES string of the molecule is CNc1nc(OC)c(-c2cc3c(n2C)=CNC(N[C@@H](O)OF)C=3)c(OC)n1. The summed E-state index contributed by atoms with van der Waals surface area (Å²) in [6.07, 6.45) is 1.26. The number of nitrogens with zero attached hydrogens (tertiary/aromatic N) is 3. The summed E-state index contributed by atoms with van der Waals surface area (Å²) in [5, 5.41) is 19.3. The van der Waals surface area contributed by atoms with Crippen LogP contribution >= 0.6 is 0 Å². The van der Waals surface area contributed by atoms with Crippen molar-refractivity contribution >= 4 is 18.2 Å². The van der Waals surface area contributed by atoms with Crippen molar-refractivity contribution in [2.45, 2.75) is 12.6 Å². The molecule has 1 unspecified atom stereocenters. The van der Waals surface area contributed by atoms with Gasteiger partial charge in [0.05, 0.1) is 25.3 Å². The van der Waals surface area contributed by atoms with Crippen LogP contribution in [0.1, 0.15) is 0 Å². The molecule has 3 heterocycles. The lowest BCUT2D eigenvalue weighted by molar-refractivity contribution is -0.269. The van der Waals surface area contributed by atoms with E-state index in [1.54, 1.807) is 19.3 Å². The first-order valence-corrected chi connectivity index (χ1v) is 8.05. The van der Waals surface area contributed by atoms with Crippen molar-refractivity contribution in [1.29, 1.82) is 0 Å². The summed E-state index contributed by atoms with van der Waals surface area (Å²) in [6.45, 7) is 0. The van der Waals surface area contributed by atoms with Crippen molar-refractivity contribution in [3.8, 4) is 23.0 Å². The molecule has 0 aromatic carbocycles. The molecule has 2 aromatic rings. The van der Waals surface area contributed by atoms with E-state index in [4.69, 9.17) is 9.47 Å². The fraction of sp³-hybridized carbons (Fsp3) is 0.375. The maximum Gasteiger partial charge on any atom is 0.252 e. The second-order valence-corrected chi connectivity index (χ2v) is 5.68. The molecule has 27 heavy (non-hydrogen) atoms. The van der Waals surface area contributed by atoms with Crippen LogP contribution in [0.3, 0.4) is 0 Å². The molecule has 0 fully saturated rings. The van der Waals surface area contributed by atoms with Crippen LogP contribution in [0, 0.1) is 0 Å². The van der Waals surface area contributed by atoms with Crippen molar-refractivity contribution in [3.05, 3.63) is 16.6 Å². The second-order valence-electron chi connectivity index (χ2n) is 5.68. The van der Waals surface area contributed by atoms with Crippen molar-refractivity contribution < 1.29 is 24.0 Å². The molecule has 1 aliphatic heterocycles. The topological polar surface area (TPSA) is 115 Å². The van der Waals surface area contributed by atoms with Gasteiger partial charge in [0.15, 0.2) is 0 Å². The number of halogens is 1. The number of nitrogens with one attached hydrogen (secondary N) is 3. The minimum absolute atomic E-state index is 0.355. The largest absolute Gasteiger partial charge is 0.480 e. The van der Waals surface area contributed by atoms with Crippen LogP contribution in [0.25, 0.3) is 23.5 Å². The Hall–Kier alpha value is -2.89. The van der Waals surface area contributed by atoms with Crippen molar-refractivity contribution in [2.75, 3.05) is 26.6 Å². The zero-order valence-corrected chi connectivity index (χ0v) is 15.3. The van der Waals surface area contributed by atoms with E-state index >= 15 is 0 Å². The second kappa shape index (κ2) is 7.78. The van der Waals surface area contributed by atoms with Gasteiger partial charge in [-0.15, -0.1) is 4.94 Å². The summed E-state index contributed by atoms with van der Waals surface area (Å²) in [6, 6.07) is 1.90. The molecule has 3 rings (SSSR count). The Morgan fingerprint density at radius 3 is 2.52 bits per heavy atom. The monoisotopic (exact) mass is 380 g/mol. The highest BCUT2D eigenvalue weighted by molar-refractivity contribution is 5.73. The zero-order chi connectivity index (χ0) is 19.6. The average molecular weight is 380 g/mol. The molecule has 146 valence electrons. The van der Waals surface area contributed by atoms with E-state index in [-0.39, 0.29) is 0 Å². The highest BCUT2D eigenvalue weighted by atomic mass is 19.3. The molecule has 0 amide bonds. The number of methoxy groups -OCH3 is 2. The number of hydrogen-bond donors (Lipinski definition) is 4. The number of rotatable bonds is 7. The minimum Gasteiger partial charge on any atom is -0.480 e. The first-order chi connectivity index (χ1) is 13.0.